The molecule has 0 aromatic carbocycles. The molecule has 2 aliphatic rings. The van der Waals surface area contributed by atoms with Crippen LogP contribution in [0.4, 0.5) is 0 Å². The third-order valence-corrected chi connectivity index (χ3v) is 4.73. The highest BCUT2D eigenvalue weighted by molar-refractivity contribution is 5.92. The summed E-state index contributed by atoms with van der Waals surface area (Å²) in [6.45, 7) is 5.83. The summed E-state index contributed by atoms with van der Waals surface area (Å²) in [5.74, 6) is 0.384. The van der Waals surface area contributed by atoms with Gasteiger partial charge in [-0.05, 0) is 13.0 Å². The Morgan fingerprint density at radius 2 is 2.29 bits per heavy atom. The summed E-state index contributed by atoms with van der Waals surface area (Å²) in [7, 11) is 1.77. The van der Waals surface area contributed by atoms with E-state index < -0.39 is 0 Å². The Hall–Kier alpha value is -1.53. The minimum Gasteiger partial charge on any atom is -0.381 e. The van der Waals surface area contributed by atoms with Gasteiger partial charge in [0.2, 0.25) is 0 Å². The fraction of sp³-hybridized carbons (Fsp3) is 0.667. The van der Waals surface area contributed by atoms with Gasteiger partial charge in [-0.25, -0.2) is 4.98 Å². The Bertz CT molecular complexity index is 496. The molecule has 0 aliphatic carbocycles. The molecule has 114 valence electrons. The van der Waals surface area contributed by atoms with E-state index in [1.165, 1.54) is 0 Å². The molecule has 6 heteroatoms. The predicted molar refractivity (Wildman–Crippen MR) is 77.9 cm³/mol. The van der Waals surface area contributed by atoms with Crippen molar-refractivity contribution in [3.05, 3.63) is 24.3 Å². The first-order chi connectivity index (χ1) is 10.2. The van der Waals surface area contributed by atoms with Gasteiger partial charge in [0.15, 0.2) is 0 Å². The molecule has 3 atom stereocenters. The maximum Gasteiger partial charge on any atom is 0.274 e. The van der Waals surface area contributed by atoms with Crippen LogP contribution < -0.4 is 0 Å². The second kappa shape index (κ2) is 6.07. The summed E-state index contributed by atoms with van der Waals surface area (Å²) in [5.41, 5.74) is 0.432. The highest BCUT2D eigenvalue weighted by atomic mass is 16.5. The van der Waals surface area contributed by atoms with Crippen molar-refractivity contribution in [1.29, 1.82) is 0 Å². The molecule has 0 N–H and O–H groups in total. The highest BCUT2D eigenvalue weighted by Gasteiger charge is 2.45. The van der Waals surface area contributed by atoms with E-state index in [4.69, 9.17) is 4.74 Å². The van der Waals surface area contributed by atoms with Crippen molar-refractivity contribution in [3.8, 4) is 0 Å². The van der Waals surface area contributed by atoms with Gasteiger partial charge in [0.05, 0.1) is 18.3 Å². The molecule has 1 aromatic rings. The molecular formula is C15H22N4O2. The van der Waals surface area contributed by atoms with E-state index >= 15 is 0 Å². The molecule has 2 saturated heterocycles. The van der Waals surface area contributed by atoms with Crippen LogP contribution in [-0.4, -0.2) is 71.1 Å². The Morgan fingerprint density at radius 3 is 2.95 bits per heavy atom. The lowest BCUT2D eigenvalue weighted by Crippen LogP contribution is -2.53. The van der Waals surface area contributed by atoms with Crippen molar-refractivity contribution in [3.63, 3.8) is 0 Å². The van der Waals surface area contributed by atoms with Gasteiger partial charge in [-0.3, -0.25) is 9.78 Å². The van der Waals surface area contributed by atoms with Gasteiger partial charge >= 0.3 is 0 Å². The number of amides is 1. The van der Waals surface area contributed by atoms with Gasteiger partial charge in [0.25, 0.3) is 5.91 Å². The molecule has 0 radical (unpaired) electrons. The highest BCUT2D eigenvalue weighted by Crippen LogP contribution is 2.33. The Morgan fingerprint density at radius 1 is 1.43 bits per heavy atom. The summed E-state index contributed by atoms with van der Waals surface area (Å²) < 4.78 is 5.64. The quantitative estimate of drug-likeness (QED) is 0.818. The number of hydrogen-bond acceptors (Lipinski definition) is 5. The number of hydrogen-bond donors (Lipinski definition) is 0. The lowest BCUT2D eigenvalue weighted by atomic mass is 9.89. The van der Waals surface area contributed by atoms with E-state index in [-0.39, 0.29) is 18.1 Å². The predicted octanol–water partition coefficient (Wildman–Crippen LogP) is 0.658. The first-order valence-corrected chi connectivity index (χ1v) is 7.56. The van der Waals surface area contributed by atoms with Crippen LogP contribution in [0.3, 0.4) is 0 Å². The van der Waals surface area contributed by atoms with E-state index in [9.17, 15) is 4.79 Å². The minimum absolute atomic E-state index is 0.00870. The van der Waals surface area contributed by atoms with Crippen LogP contribution in [0.2, 0.25) is 0 Å². The van der Waals surface area contributed by atoms with E-state index in [1.807, 2.05) is 4.90 Å². The van der Waals surface area contributed by atoms with Crippen LogP contribution in [0.1, 0.15) is 23.8 Å². The minimum atomic E-state index is -0.00870. The normalized spacial score (nSPS) is 29.4. The Labute approximate surface area is 125 Å². The number of likely N-dealkylation sites (N-methyl/N-ethyl adjacent to an activating group) is 1. The van der Waals surface area contributed by atoms with Crippen molar-refractivity contribution in [2.45, 2.75) is 25.5 Å². The number of ether oxygens (including phenoxy) is 1. The van der Waals surface area contributed by atoms with Gasteiger partial charge in [0, 0.05) is 45.1 Å². The zero-order valence-corrected chi connectivity index (χ0v) is 12.6. The van der Waals surface area contributed by atoms with Crippen LogP contribution in [0, 0.1) is 5.92 Å². The van der Waals surface area contributed by atoms with Crippen LogP contribution in [0.15, 0.2) is 18.6 Å². The number of methoxy groups -OCH3 is 1. The molecule has 21 heavy (non-hydrogen) atoms. The van der Waals surface area contributed by atoms with Crippen LogP contribution in [0.5, 0.6) is 0 Å². The van der Waals surface area contributed by atoms with E-state index in [0.717, 1.165) is 32.6 Å². The number of rotatable bonds is 3. The zero-order chi connectivity index (χ0) is 14.8. The van der Waals surface area contributed by atoms with Gasteiger partial charge in [-0.15, -0.1) is 0 Å². The maximum absolute atomic E-state index is 12.7. The van der Waals surface area contributed by atoms with Crippen molar-refractivity contribution in [1.82, 2.24) is 19.8 Å². The second-order valence-corrected chi connectivity index (χ2v) is 5.74. The SMILES string of the molecule is CCN1C[C@H]2[C@H](OC)CCN(C(=O)c3cnccn3)[C@H]2C1. The molecule has 0 bridgehead atoms. The molecule has 2 fully saturated rings. The van der Waals surface area contributed by atoms with E-state index in [0.29, 0.717) is 11.6 Å². The lowest BCUT2D eigenvalue weighted by molar-refractivity contribution is -0.0158. The molecule has 6 nitrogen and oxygen atoms in total. The van der Waals surface area contributed by atoms with Gasteiger partial charge in [0.1, 0.15) is 5.69 Å². The number of likely N-dealkylation sites (tertiary alicyclic amines) is 2. The number of carbonyl (C=O) groups is 1. The van der Waals surface area contributed by atoms with Gasteiger partial charge in [-0.1, -0.05) is 6.92 Å². The number of piperidine rings is 1. The molecule has 3 rings (SSSR count). The smallest absolute Gasteiger partial charge is 0.274 e. The number of nitrogens with zero attached hydrogens (tertiary/aromatic N) is 4. The topological polar surface area (TPSA) is 58.6 Å². The van der Waals surface area contributed by atoms with Crippen LogP contribution in [-0.2, 0) is 4.74 Å². The summed E-state index contributed by atoms with van der Waals surface area (Å²) in [6.07, 6.45) is 5.84. The van der Waals surface area contributed by atoms with E-state index in [2.05, 4.69) is 21.8 Å². The average Bonchev–Trinajstić information content (AvgIpc) is 2.98. The maximum atomic E-state index is 12.7. The molecule has 0 unspecified atom stereocenters. The monoisotopic (exact) mass is 290 g/mol. The largest absolute Gasteiger partial charge is 0.381 e. The second-order valence-electron chi connectivity index (χ2n) is 5.74. The Kier molecular flexibility index (Phi) is 4.17. The molecule has 1 amide bonds. The summed E-state index contributed by atoms with van der Waals surface area (Å²) >= 11 is 0. The van der Waals surface area contributed by atoms with Crippen LogP contribution in [0.25, 0.3) is 0 Å². The summed E-state index contributed by atoms with van der Waals surface area (Å²) in [5, 5.41) is 0. The molecule has 0 saturated carbocycles. The molecular weight excluding hydrogens is 268 g/mol. The molecule has 1 aromatic heterocycles. The lowest BCUT2D eigenvalue weighted by Gasteiger charge is -2.40. The van der Waals surface area contributed by atoms with Gasteiger partial charge in [-0.2, -0.15) is 0 Å². The average molecular weight is 290 g/mol. The van der Waals surface area contributed by atoms with Crippen molar-refractivity contribution in [2.75, 3.05) is 33.3 Å². The molecule has 2 aliphatic heterocycles. The van der Waals surface area contributed by atoms with E-state index in [1.54, 1.807) is 25.7 Å². The fourth-order valence-corrected chi connectivity index (χ4v) is 3.60. The van der Waals surface area contributed by atoms with Crippen molar-refractivity contribution >= 4 is 5.91 Å². The number of aromatic nitrogens is 2. The third-order valence-electron chi connectivity index (χ3n) is 4.73. The zero-order valence-electron chi connectivity index (χ0n) is 12.6. The third kappa shape index (κ3) is 2.65. The number of carbonyl (C=O) groups excluding carboxylic acids is 1. The van der Waals surface area contributed by atoms with Gasteiger partial charge < -0.3 is 14.5 Å². The fourth-order valence-electron chi connectivity index (χ4n) is 3.60. The van der Waals surface area contributed by atoms with Crippen molar-refractivity contribution in [2.24, 2.45) is 5.92 Å². The number of fused-ring (bicyclic) bond motifs is 1. The molecule has 0 spiro atoms. The summed E-state index contributed by atoms with van der Waals surface area (Å²) in [6, 6.07) is 0.221. The van der Waals surface area contributed by atoms with Crippen LogP contribution >= 0.6 is 0 Å². The first kappa shape index (κ1) is 14.4. The first-order valence-electron chi connectivity index (χ1n) is 7.56. The van der Waals surface area contributed by atoms with Crippen molar-refractivity contribution < 1.29 is 9.53 Å². The Balaban J connectivity index is 1.81. The molecule has 3 heterocycles. The standard InChI is InChI=1S/C15H22N4O2/c1-3-18-9-11-13(10-18)19(7-4-14(11)21-2)15(20)12-8-16-5-6-17-12/h5-6,8,11,13-14H,3-4,7,9-10H2,1-2H3/t11-,13+,14-/m1/s1. The summed E-state index contributed by atoms with van der Waals surface area (Å²) in [4.78, 5) is 25.2.